The van der Waals surface area contributed by atoms with E-state index in [2.05, 4.69) is 43.0 Å². The van der Waals surface area contributed by atoms with Crippen LogP contribution in [-0.2, 0) is 4.74 Å². The van der Waals surface area contributed by atoms with E-state index in [0.717, 1.165) is 24.0 Å². The number of aromatic nitrogens is 2. The first-order chi connectivity index (χ1) is 15.0. The fraction of sp³-hybridized carbons (Fsp3) is 0.417. The van der Waals surface area contributed by atoms with Crippen molar-refractivity contribution in [1.82, 2.24) is 9.97 Å². The molecule has 1 aliphatic rings. The average molecular weight is 438 g/mol. The number of nitrogens with one attached hydrogen (secondary N) is 1. The fourth-order valence-corrected chi connectivity index (χ4v) is 4.14. The Balaban J connectivity index is 1.76. The lowest BCUT2D eigenvalue weighted by molar-refractivity contribution is -0.160. The number of aromatic carboxylic acids is 1. The van der Waals surface area contributed by atoms with Crippen LogP contribution in [0.15, 0.2) is 47.4 Å². The molecule has 1 saturated heterocycles. The van der Waals surface area contributed by atoms with Crippen LogP contribution in [0.5, 0.6) is 0 Å². The molecular weight excluding hydrogens is 406 g/mol. The smallest absolute Gasteiger partial charge is 0.335 e. The summed E-state index contributed by atoms with van der Waals surface area (Å²) in [7, 11) is 0. The Morgan fingerprint density at radius 3 is 2.41 bits per heavy atom. The van der Waals surface area contributed by atoms with E-state index in [0.29, 0.717) is 17.3 Å². The Kier molecular flexibility index (Phi) is 6.64. The summed E-state index contributed by atoms with van der Waals surface area (Å²) in [4.78, 5) is 24.8. The van der Waals surface area contributed by atoms with Crippen LogP contribution in [0, 0.1) is 6.92 Å². The Hall–Kier alpha value is -3.26. The Bertz CT molecular complexity index is 1030. The van der Waals surface area contributed by atoms with Gasteiger partial charge in [0.1, 0.15) is 0 Å². The molecule has 0 saturated carbocycles. The molecule has 2 heterocycles. The van der Waals surface area contributed by atoms with Crippen LogP contribution >= 0.6 is 0 Å². The highest BCUT2D eigenvalue weighted by Crippen LogP contribution is 2.36. The lowest BCUT2D eigenvalue weighted by atomic mass is 9.85. The van der Waals surface area contributed by atoms with Crippen molar-refractivity contribution < 1.29 is 14.6 Å². The number of nitrogens with two attached hydrogens (primary N) is 1. The molecule has 0 radical (unpaired) electrons. The van der Waals surface area contributed by atoms with E-state index < -0.39 is 5.97 Å². The van der Waals surface area contributed by atoms with Crippen LogP contribution in [-0.4, -0.2) is 44.5 Å². The molecule has 0 bridgehead atoms. The third kappa shape index (κ3) is 5.91. The second-order valence-electron chi connectivity index (χ2n) is 9.32. The van der Waals surface area contributed by atoms with E-state index >= 15 is 0 Å². The number of aryl methyl sites for hydroxylation is 1. The van der Waals surface area contributed by atoms with Crippen molar-refractivity contribution in [3.8, 4) is 11.3 Å². The first-order valence-corrected chi connectivity index (χ1v) is 10.6. The number of rotatable bonds is 6. The van der Waals surface area contributed by atoms with Gasteiger partial charge >= 0.3 is 5.97 Å². The standard InChI is InChI=1S/C24H31N5O3/c1-15-13-27-22(29-20(15)16-6-8-17(9-7-16)21(30)31)28-19(12-25)14-26-18-10-23(2,3)32-24(4,5)11-18/h6-9,12-14,18H,10-11,25H2,1-5H3,(H,30,31)(H,27,28,29)/b19-12+,26-14?. The first kappa shape index (κ1) is 23.4. The van der Waals surface area contributed by atoms with Crippen LogP contribution in [0.4, 0.5) is 5.95 Å². The summed E-state index contributed by atoms with van der Waals surface area (Å²) in [6.07, 6.45) is 6.51. The second-order valence-corrected chi connectivity index (χ2v) is 9.32. The quantitative estimate of drug-likeness (QED) is 0.580. The Labute approximate surface area is 188 Å². The molecule has 1 fully saturated rings. The molecule has 0 aliphatic carbocycles. The van der Waals surface area contributed by atoms with Gasteiger partial charge in [-0.05, 0) is 65.2 Å². The molecule has 32 heavy (non-hydrogen) atoms. The SMILES string of the molecule is Cc1cnc(N/C(C=NC2CC(C)(C)OC(C)(C)C2)=C/N)nc1-c1ccc(C(=O)O)cc1. The van der Waals surface area contributed by atoms with Crippen LogP contribution in [0.2, 0.25) is 0 Å². The monoisotopic (exact) mass is 437 g/mol. The number of nitrogens with zero attached hydrogens (tertiary/aromatic N) is 3. The van der Waals surface area contributed by atoms with Gasteiger partial charge < -0.3 is 20.9 Å². The molecule has 2 aromatic rings. The highest BCUT2D eigenvalue weighted by atomic mass is 16.5. The predicted molar refractivity (Wildman–Crippen MR) is 126 cm³/mol. The van der Waals surface area contributed by atoms with Crippen LogP contribution in [0.1, 0.15) is 56.5 Å². The van der Waals surface area contributed by atoms with Crippen LogP contribution in [0.25, 0.3) is 11.3 Å². The third-order valence-corrected chi connectivity index (χ3v) is 5.24. The van der Waals surface area contributed by atoms with Crippen molar-refractivity contribution in [2.24, 2.45) is 10.7 Å². The number of carbonyl (C=O) groups is 1. The predicted octanol–water partition coefficient (Wildman–Crippen LogP) is 4.17. The highest BCUT2D eigenvalue weighted by molar-refractivity contribution is 5.88. The minimum absolute atomic E-state index is 0.118. The molecule has 0 amide bonds. The van der Waals surface area contributed by atoms with E-state index in [1.54, 1.807) is 36.7 Å². The number of hydrogen-bond acceptors (Lipinski definition) is 7. The highest BCUT2D eigenvalue weighted by Gasteiger charge is 2.38. The van der Waals surface area contributed by atoms with Gasteiger partial charge in [0.15, 0.2) is 0 Å². The number of ether oxygens (including phenoxy) is 1. The maximum Gasteiger partial charge on any atom is 0.335 e. The van der Waals surface area contributed by atoms with Gasteiger partial charge in [-0.25, -0.2) is 14.8 Å². The molecular formula is C24H31N5O3. The number of allylic oxidation sites excluding steroid dienone is 1. The minimum Gasteiger partial charge on any atom is -0.478 e. The van der Waals surface area contributed by atoms with Gasteiger partial charge in [0.2, 0.25) is 5.95 Å². The Morgan fingerprint density at radius 2 is 1.84 bits per heavy atom. The molecule has 8 nitrogen and oxygen atoms in total. The van der Waals surface area contributed by atoms with Crippen molar-refractivity contribution in [2.45, 2.75) is 64.7 Å². The molecule has 0 spiro atoms. The zero-order chi connectivity index (χ0) is 23.5. The average Bonchev–Trinajstić information content (AvgIpc) is 2.70. The van der Waals surface area contributed by atoms with Crippen molar-refractivity contribution in [3.05, 3.63) is 53.5 Å². The van der Waals surface area contributed by atoms with Crippen molar-refractivity contribution in [2.75, 3.05) is 5.32 Å². The number of benzene rings is 1. The number of carboxylic acids is 1. The Morgan fingerprint density at radius 1 is 1.22 bits per heavy atom. The van der Waals surface area contributed by atoms with Crippen molar-refractivity contribution in [1.29, 1.82) is 0 Å². The maximum atomic E-state index is 11.1. The summed E-state index contributed by atoms with van der Waals surface area (Å²) in [6, 6.07) is 6.70. The summed E-state index contributed by atoms with van der Waals surface area (Å²) in [5, 5.41) is 12.2. The molecule has 1 aromatic heterocycles. The van der Waals surface area contributed by atoms with E-state index in [4.69, 9.17) is 20.6 Å². The molecule has 3 rings (SSSR count). The van der Waals surface area contributed by atoms with Gasteiger partial charge in [-0.3, -0.25) is 4.99 Å². The van der Waals surface area contributed by atoms with Gasteiger partial charge in [0, 0.05) is 24.2 Å². The summed E-state index contributed by atoms with van der Waals surface area (Å²) in [5.41, 5.74) is 8.53. The first-order valence-electron chi connectivity index (χ1n) is 10.6. The second kappa shape index (κ2) is 9.08. The number of aliphatic imine (C=N–C) groups is 1. The van der Waals surface area contributed by atoms with Gasteiger partial charge in [0.25, 0.3) is 0 Å². The van der Waals surface area contributed by atoms with E-state index in [-0.39, 0.29) is 22.8 Å². The van der Waals surface area contributed by atoms with Gasteiger partial charge in [-0.15, -0.1) is 0 Å². The van der Waals surface area contributed by atoms with Gasteiger partial charge in [0.05, 0.1) is 34.2 Å². The fourth-order valence-electron chi connectivity index (χ4n) is 4.14. The largest absolute Gasteiger partial charge is 0.478 e. The summed E-state index contributed by atoms with van der Waals surface area (Å²) >= 11 is 0. The van der Waals surface area contributed by atoms with Gasteiger partial charge in [-0.1, -0.05) is 12.1 Å². The van der Waals surface area contributed by atoms with Crippen LogP contribution < -0.4 is 11.1 Å². The van der Waals surface area contributed by atoms with Crippen molar-refractivity contribution >= 4 is 18.1 Å². The lowest BCUT2D eigenvalue weighted by Gasteiger charge is -2.44. The molecule has 170 valence electrons. The molecule has 0 atom stereocenters. The normalized spacial score (nSPS) is 18.6. The number of hydrogen-bond donors (Lipinski definition) is 3. The zero-order valence-corrected chi connectivity index (χ0v) is 19.2. The van der Waals surface area contributed by atoms with E-state index in [1.165, 1.54) is 6.20 Å². The summed E-state index contributed by atoms with van der Waals surface area (Å²) < 4.78 is 6.13. The molecule has 4 N–H and O–H groups in total. The summed E-state index contributed by atoms with van der Waals surface area (Å²) in [6.45, 7) is 10.2. The maximum absolute atomic E-state index is 11.1. The van der Waals surface area contributed by atoms with Gasteiger partial charge in [-0.2, -0.15) is 0 Å². The van der Waals surface area contributed by atoms with Crippen molar-refractivity contribution in [3.63, 3.8) is 0 Å². The molecule has 8 heteroatoms. The third-order valence-electron chi connectivity index (χ3n) is 5.24. The summed E-state index contributed by atoms with van der Waals surface area (Å²) in [5.74, 6) is -0.588. The zero-order valence-electron chi connectivity index (χ0n) is 19.2. The van der Waals surface area contributed by atoms with Crippen LogP contribution in [0.3, 0.4) is 0 Å². The number of carboxylic acid groups (broad SMARTS) is 1. The lowest BCUT2D eigenvalue weighted by Crippen LogP contribution is -2.46. The molecule has 1 aromatic carbocycles. The van der Waals surface area contributed by atoms with E-state index in [1.807, 2.05) is 6.92 Å². The molecule has 0 unspecified atom stereocenters. The topological polar surface area (TPSA) is 123 Å². The van der Waals surface area contributed by atoms with E-state index in [9.17, 15) is 4.79 Å². The minimum atomic E-state index is -0.966. The number of anilines is 1. The molecule has 1 aliphatic heterocycles.